The number of carbonyl (C=O) groups is 2. The Morgan fingerprint density at radius 3 is 2.52 bits per heavy atom. The number of hydrogen-bond donors (Lipinski definition) is 2. The third-order valence-electron chi connectivity index (χ3n) is 5.04. The van der Waals surface area contributed by atoms with Crippen molar-refractivity contribution in [1.29, 1.82) is 0 Å². The number of sulfone groups is 1. The number of thioether (sulfide) groups is 1. The van der Waals surface area contributed by atoms with Crippen LogP contribution in [-0.2, 0) is 26.0 Å². The lowest BCUT2D eigenvalue weighted by atomic mass is 10.2. The van der Waals surface area contributed by atoms with Crippen molar-refractivity contribution < 1.29 is 18.0 Å². The smallest absolute Gasteiger partial charge is 0.237 e. The molecule has 166 valence electrons. The predicted molar refractivity (Wildman–Crippen MR) is 124 cm³/mol. The maximum absolute atomic E-state index is 12.7. The molecule has 0 saturated heterocycles. The van der Waals surface area contributed by atoms with Crippen LogP contribution in [0.1, 0.15) is 25.3 Å². The molecule has 0 spiro atoms. The van der Waals surface area contributed by atoms with Crippen molar-refractivity contribution in [3.63, 3.8) is 0 Å². The predicted octanol–water partition coefficient (Wildman–Crippen LogP) is 3.06. The zero-order chi connectivity index (χ0) is 22.6. The van der Waals surface area contributed by atoms with Crippen molar-refractivity contribution in [2.75, 3.05) is 30.1 Å². The summed E-state index contributed by atoms with van der Waals surface area (Å²) in [6, 6.07) is 12.5. The molecule has 1 aliphatic rings. The van der Waals surface area contributed by atoms with Gasteiger partial charge in [-0.15, -0.1) is 11.8 Å². The average molecular weight is 462 g/mol. The van der Waals surface area contributed by atoms with Gasteiger partial charge in [0, 0.05) is 37.6 Å². The molecule has 31 heavy (non-hydrogen) atoms. The van der Waals surface area contributed by atoms with E-state index in [0.29, 0.717) is 18.7 Å². The Kier molecular flexibility index (Phi) is 7.27. The van der Waals surface area contributed by atoms with Crippen molar-refractivity contribution in [3.05, 3.63) is 48.0 Å². The van der Waals surface area contributed by atoms with Crippen LogP contribution >= 0.6 is 11.8 Å². The molecule has 0 fully saturated rings. The topological polar surface area (TPSA) is 95.6 Å². The Morgan fingerprint density at radius 1 is 1.16 bits per heavy atom. The van der Waals surface area contributed by atoms with Crippen molar-refractivity contribution in [1.82, 2.24) is 5.32 Å². The number of hydrogen-bond acceptors (Lipinski definition) is 6. The maximum Gasteiger partial charge on any atom is 0.237 e. The Balaban J connectivity index is 1.56. The quantitative estimate of drug-likeness (QED) is 0.627. The van der Waals surface area contributed by atoms with Gasteiger partial charge in [0.2, 0.25) is 11.8 Å². The van der Waals surface area contributed by atoms with Crippen LogP contribution in [0.5, 0.6) is 0 Å². The summed E-state index contributed by atoms with van der Waals surface area (Å²) in [5, 5.41) is 5.37. The minimum atomic E-state index is -3.65. The Labute approximate surface area is 187 Å². The van der Waals surface area contributed by atoms with Crippen LogP contribution in [0.2, 0.25) is 0 Å². The van der Waals surface area contributed by atoms with Gasteiger partial charge in [0.15, 0.2) is 9.84 Å². The molecule has 1 atom stereocenters. The van der Waals surface area contributed by atoms with Gasteiger partial charge >= 0.3 is 0 Å². The molecule has 1 heterocycles. The molecule has 9 heteroatoms. The summed E-state index contributed by atoms with van der Waals surface area (Å²) >= 11 is 1.44. The summed E-state index contributed by atoms with van der Waals surface area (Å²) in [6.45, 7) is 2.28. The zero-order valence-corrected chi connectivity index (χ0v) is 19.5. The van der Waals surface area contributed by atoms with Crippen LogP contribution in [0.25, 0.3) is 0 Å². The molecule has 0 bridgehead atoms. The van der Waals surface area contributed by atoms with E-state index in [9.17, 15) is 18.0 Å². The molecule has 2 aromatic rings. The van der Waals surface area contributed by atoms with Crippen LogP contribution in [0.4, 0.5) is 11.4 Å². The van der Waals surface area contributed by atoms with E-state index in [1.54, 1.807) is 6.07 Å². The number of benzene rings is 2. The van der Waals surface area contributed by atoms with Crippen LogP contribution in [0.15, 0.2) is 52.3 Å². The summed E-state index contributed by atoms with van der Waals surface area (Å²) in [4.78, 5) is 27.2. The lowest BCUT2D eigenvalue weighted by Gasteiger charge is -2.23. The molecule has 0 aliphatic carbocycles. The third-order valence-corrected chi connectivity index (χ3v) is 8.20. The highest BCUT2D eigenvalue weighted by Crippen LogP contribution is 2.38. The van der Waals surface area contributed by atoms with E-state index in [4.69, 9.17) is 0 Å². The lowest BCUT2D eigenvalue weighted by molar-refractivity contribution is -0.121. The van der Waals surface area contributed by atoms with Gasteiger partial charge in [-0.2, -0.15) is 0 Å². The zero-order valence-electron chi connectivity index (χ0n) is 17.8. The molecule has 1 aliphatic heterocycles. The largest absolute Gasteiger partial charge is 0.378 e. The molecule has 3 rings (SSSR count). The summed E-state index contributed by atoms with van der Waals surface area (Å²) in [7, 11) is 0.255. The van der Waals surface area contributed by atoms with E-state index >= 15 is 0 Å². The van der Waals surface area contributed by atoms with Crippen LogP contribution in [-0.4, -0.2) is 45.3 Å². The fourth-order valence-electron chi connectivity index (χ4n) is 3.14. The highest BCUT2D eigenvalue weighted by molar-refractivity contribution is 8.01. The molecule has 0 radical (unpaired) electrons. The first-order valence-corrected chi connectivity index (χ1v) is 12.6. The summed E-state index contributed by atoms with van der Waals surface area (Å²) in [6.07, 6.45) is 0.569. The molecule has 2 aromatic carbocycles. The second-order valence-corrected chi connectivity index (χ2v) is 10.9. The minimum absolute atomic E-state index is 0.106. The number of fused-ring (bicyclic) bond motifs is 1. The van der Waals surface area contributed by atoms with E-state index < -0.39 is 9.84 Å². The monoisotopic (exact) mass is 461 g/mol. The first kappa shape index (κ1) is 23.1. The molecule has 0 saturated carbocycles. The second kappa shape index (κ2) is 9.74. The molecule has 7 nitrogen and oxygen atoms in total. The number of carbonyl (C=O) groups excluding carboxylic acids is 2. The summed E-state index contributed by atoms with van der Waals surface area (Å²) in [5.74, 6) is -0.740. The van der Waals surface area contributed by atoms with E-state index in [0.717, 1.165) is 16.1 Å². The fraction of sp³-hybridized carbons (Fsp3) is 0.364. The van der Waals surface area contributed by atoms with Crippen molar-refractivity contribution in [3.8, 4) is 0 Å². The van der Waals surface area contributed by atoms with Gasteiger partial charge in [0.05, 0.1) is 21.6 Å². The first-order valence-electron chi connectivity index (χ1n) is 10.1. The number of nitrogens with one attached hydrogen (secondary N) is 2. The van der Waals surface area contributed by atoms with E-state index in [1.807, 2.05) is 50.2 Å². The molecule has 2 N–H and O–H groups in total. The Morgan fingerprint density at radius 2 is 1.87 bits per heavy atom. The minimum Gasteiger partial charge on any atom is -0.378 e. The number of amides is 2. The normalized spacial score (nSPS) is 15.7. The van der Waals surface area contributed by atoms with Crippen LogP contribution in [0, 0.1) is 0 Å². The highest BCUT2D eigenvalue weighted by atomic mass is 32.2. The number of nitrogens with zero attached hydrogens (tertiary/aromatic N) is 1. The molecule has 0 unspecified atom stereocenters. The first-order chi connectivity index (χ1) is 14.7. The van der Waals surface area contributed by atoms with Crippen LogP contribution < -0.4 is 15.5 Å². The van der Waals surface area contributed by atoms with E-state index in [2.05, 4.69) is 10.6 Å². The molecule has 2 amide bonds. The lowest BCUT2D eigenvalue weighted by Crippen LogP contribution is -2.28. The van der Waals surface area contributed by atoms with Gasteiger partial charge in [-0.05, 0) is 42.3 Å². The van der Waals surface area contributed by atoms with Gasteiger partial charge in [0.25, 0.3) is 0 Å². The van der Waals surface area contributed by atoms with Gasteiger partial charge in [-0.3, -0.25) is 9.59 Å². The Bertz CT molecular complexity index is 1070. The molecule has 0 aromatic heterocycles. The van der Waals surface area contributed by atoms with Gasteiger partial charge in [0.1, 0.15) is 0 Å². The van der Waals surface area contributed by atoms with Crippen molar-refractivity contribution in [2.45, 2.75) is 41.4 Å². The maximum atomic E-state index is 12.7. The standard InChI is InChI=1S/C22H27N3O4S2/c1-4-19-22(27)24-18-13-17(9-10-20(18)30-19)31(28,29)12-11-21(26)23-14-15-5-7-16(8-6-15)25(2)3/h5-10,13,19H,4,11-12,14H2,1-3H3,(H,23,26)(H,24,27)/t19-/m1/s1. The van der Waals surface area contributed by atoms with Crippen molar-refractivity contribution >= 4 is 44.8 Å². The van der Waals surface area contributed by atoms with Gasteiger partial charge in [-0.1, -0.05) is 19.1 Å². The Hall–Kier alpha value is -2.52. The molecular formula is C22H27N3O4S2. The second-order valence-electron chi connectivity index (χ2n) is 7.57. The average Bonchev–Trinajstić information content (AvgIpc) is 2.75. The summed E-state index contributed by atoms with van der Waals surface area (Å²) < 4.78 is 25.4. The van der Waals surface area contributed by atoms with Gasteiger partial charge < -0.3 is 15.5 Å². The van der Waals surface area contributed by atoms with Crippen LogP contribution in [0.3, 0.4) is 0 Å². The van der Waals surface area contributed by atoms with Crippen molar-refractivity contribution in [2.24, 2.45) is 0 Å². The number of anilines is 2. The fourth-order valence-corrected chi connectivity index (χ4v) is 5.42. The SMILES string of the molecule is CC[C@H]1Sc2ccc(S(=O)(=O)CCC(=O)NCc3ccc(N(C)C)cc3)cc2NC1=O. The number of rotatable bonds is 8. The van der Waals surface area contributed by atoms with Gasteiger partial charge in [-0.25, -0.2) is 8.42 Å². The van der Waals surface area contributed by atoms with E-state index in [-0.39, 0.29) is 34.1 Å². The summed E-state index contributed by atoms with van der Waals surface area (Å²) in [5.41, 5.74) is 2.51. The highest BCUT2D eigenvalue weighted by Gasteiger charge is 2.27. The van der Waals surface area contributed by atoms with E-state index in [1.165, 1.54) is 23.9 Å². The molecular weight excluding hydrogens is 434 g/mol. The third kappa shape index (κ3) is 5.80.